The van der Waals surface area contributed by atoms with Crippen molar-refractivity contribution in [2.45, 2.75) is 13.8 Å². The third-order valence-electron chi connectivity index (χ3n) is 2.86. The Hall–Kier alpha value is -1.82. The molecule has 0 saturated carbocycles. The lowest BCUT2D eigenvalue weighted by Crippen LogP contribution is -1.73. The number of rotatable bonds is 0. The molecule has 2 aromatic carbocycles. The largest absolute Gasteiger partial charge is 0.0616 e. The minimum atomic E-state index is 1.26. The molecule has 0 aliphatic rings. The Bertz CT molecular complexity index is 501. The van der Waals surface area contributed by atoms with Gasteiger partial charge in [0.25, 0.3) is 0 Å². The molecule has 0 atom stereocenters. The lowest BCUT2D eigenvalue weighted by Gasteiger charge is -1.94. The first-order valence-electron chi connectivity index (χ1n) is 5.57. The molecule has 2 aromatic rings. The van der Waals surface area contributed by atoms with Crippen molar-refractivity contribution in [2.24, 2.45) is 0 Å². The molecular formula is C16H16. The summed E-state index contributed by atoms with van der Waals surface area (Å²) in [5.41, 5.74) is 2.61. The summed E-state index contributed by atoms with van der Waals surface area (Å²) in [7, 11) is 0. The topological polar surface area (TPSA) is 0 Å². The number of benzene rings is 1. The van der Waals surface area contributed by atoms with Crippen molar-refractivity contribution in [1.82, 2.24) is 0 Å². The second kappa shape index (κ2) is 4.80. The Kier molecular flexibility index (Phi) is 3.21. The van der Waals surface area contributed by atoms with E-state index in [0.717, 1.165) is 0 Å². The van der Waals surface area contributed by atoms with Gasteiger partial charge in [-0.1, -0.05) is 60.7 Å². The second-order valence-electron chi connectivity index (χ2n) is 4.05. The molecule has 0 N–H and O–H groups in total. The van der Waals surface area contributed by atoms with Crippen LogP contribution in [0.15, 0.2) is 60.7 Å². The van der Waals surface area contributed by atoms with Gasteiger partial charge in [0, 0.05) is 0 Å². The Morgan fingerprint density at radius 3 is 1.31 bits per heavy atom. The molecule has 0 bridgehead atoms. The van der Waals surface area contributed by atoms with Gasteiger partial charge >= 0.3 is 0 Å². The van der Waals surface area contributed by atoms with E-state index >= 15 is 0 Å². The van der Waals surface area contributed by atoms with Crippen LogP contribution >= 0.6 is 0 Å². The zero-order valence-corrected chi connectivity index (χ0v) is 9.77. The normalized spacial score (nSPS) is 9.88. The summed E-state index contributed by atoms with van der Waals surface area (Å²) in [5.74, 6) is 0. The Morgan fingerprint density at radius 1 is 0.500 bits per heavy atom. The fourth-order valence-corrected chi connectivity index (χ4v) is 1.67. The molecule has 2 rings (SSSR count). The van der Waals surface area contributed by atoms with Gasteiger partial charge in [-0.25, -0.2) is 0 Å². The number of hydrogen-bond acceptors (Lipinski definition) is 0. The summed E-state index contributed by atoms with van der Waals surface area (Å²) < 4.78 is 0. The number of aryl methyl sites for hydroxylation is 2. The maximum atomic E-state index is 2.15. The van der Waals surface area contributed by atoms with Gasteiger partial charge in [0.05, 0.1) is 0 Å². The van der Waals surface area contributed by atoms with Crippen LogP contribution in [0.5, 0.6) is 0 Å². The Balaban J connectivity index is 2.77. The molecule has 0 amide bonds. The van der Waals surface area contributed by atoms with Crippen molar-refractivity contribution in [3.63, 3.8) is 0 Å². The van der Waals surface area contributed by atoms with Gasteiger partial charge in [-0.3, -0.25) is 0 Å². The van der Waals surface area contributed by atoms with Crippen LogP contribution in [0, 0.1) is 13.8 Å². The van der Waals surface area contributed by atoms with E-state index in [2.05, 4.69) is 74.5 Å². The highest BCUT2D eigenvalue weighted by molar-refractivity contribution is 5.81. The highest BCUT2D eigenvalue weighted by Gasteiger charge is 1.86. The average Bonchev–Trinajstić information content (AvgIpc) is 2.30. The molecule has 0 heteroatoms. The fraction of sp³-hybridized carbons (Fsp3) is 0.125. The van der Waals surface area contributed by atoms with Crippen LogP contribution in [-0.4, -0.2) is 0 Å². The van der Waals surface area contributed by atoms with Gasteiger partial charge in [0.2, 0.25) is 0 Å². The lowest BCUT2D eigenvalue weighted by atomic mass is 10.1. The summed E-state index contributed by atoms with van der Waals surface area (Å²) in [6, 6.07) is 21.3. The predicted molar refractivity (Wildman–Crippen MR) is 71.1 cm³/mol. The molecule has 0 unspecified atom stereocenters. The summed E-state index contributed by atoms with van der Waals surface area (Å²) in [5, 5.41) is 2.52. The van der Waals surface area contributed by atoms with E-state index in [1.165, 1.54) is 21.9 Å². The van der Waals surface area contributed by atoms with E-state index in [1.54, 1.807) is 0 Å². The highest BCUT2D eigenvalue weighted by Crippen LogP contribution is 2.10. The van der Waals surface area contributed by atoms with Crippen LogP contribution in [0.3, 0.4) is 0 Å². The minimum Gasteiger partial charge on any atom is -0.0616 e. The van der Waals surface area contributed by atoms with Crippen molar-refractivity contribution >= 4 is 10.8 Å². The van der Waals surface area contributed by atoms with Gasteiger partial charge in [0.1, 0.15) is 0 Å². The molecular weight excluding hydrogens is 192 g/mol. The smallest absolute Gasteiger partial charge is 0.0184 e. The van der Waals surface area contributed by atoms with Gasteiger partial charge in [0.15, 0.2) is 0 Å². The number of fused-ring (bicyclic) bond motifs is 1. The first-order chi connectivity index (χ1) is 7.77. The summed E-state index contributed by atoms with van der Waals surface area (Å²) in [6.45, 7) is 4.27. The van der Waals surface area contributed by atoms with Gasteiger partial charge in [-0.2, -0.15) is 0 Å². The lowest BCUT2D eigenvalue weighted by molar-refractivity contribution is 1.36. The molecule has 0 spiro atoms. The van der Waals surface area contributed by atoms with Crippen molar-refractivity contribution < 1.29 is 0 Å². The van der Waals surface area contributed by atoms with Crippen molar-refractivity contribution in [1.29, 1.82) is 0 Å². The monoisotopic (exact) mass is 208 g/mol. The van der Waals surface area contributed by atoms with Crippen LogP contribution in [0.25, 0.3) is 10.8 Å². The third kappa shape index (κ3) is 2.40. The highest BCUT2D eigenvalue weighted by atomic mass is 13.9. The van der Waals surface area contributed by atoms with E-state index in [4.69, 9.17) is 0 Å². The Morgan fingerprint density at radius 2 is 0.875 bits per heavy atom. The van der Waals surface area contributed by atoms with Gasteiger partial charge in [-0.05, 0) is 35.7 Å². The van der Waals surface area contributed by atoms with E-state index in [1.807, 2.05) is 0 Å². The SMILES string of the molecule is Cc1cccc2ccccc2cccc1C. The third-order valence-corrected chi connectivity index (χ3v) is 2.86. The summed E-state index contributed by atoms with van der Waals surface area (Å²) >= 11 is 0. The molecule has 80 valence electrons. The van der Waals surface area contributed by atoms with E-state index in [9.17, 15) is 0 Å². The van der Waals surface area contributed by atoms with Crippen molar-refractivity contribution in [3.8, 4) is 0 Å². The van der Waals surface area contributed by atoms with Crippen molar-refractivity contribution in [3.05, 3.63) is 71.8 Å². The van der Waals surface area contributed by atoms with E-state index in [0.29, 0.717) is 0 Å². The molecule has 0 saturated heterocycles. The van der Waals surface area contributed by atoms with Crippen LogP contribution in [-0.2, 0) is 0 Å². The van der Waals surface area contributed by atoms with Crippen LogP contribution in [0.4, 0.5) is 0 Å². The van der Waals surface area contributed by atoms with E-state index < -0.39 is 0 Å². The predicted octanol–water partition coefficient (Wildman–Crippen LogP) is 4.58. The van der Waals surface area contributed by atoms with Crippen molar-refractivity contribution in [2.75, 3.05) is 0 Å². The molecule has 16 heavy (non-hydrogen) atoms. The first kappa shape index (κ1) is 10.7. The maximum Gasteiger partial charge on any atom is -0.0184 e. The fourth-order valence-electron chi connectivity index (χ4n) is 1.67. The molecule has 0 heterocycles. The minimum absolute atomic E-state index is 1.26. The molecule has 0 radical (unpaired) electrons. The van der Waals surface area contributed by atoms with E-state index in [-0.39, 0.29) is 0 Å². The number of hydrogen-bond donors (Lipinski definition) is 0. The van der Waals surface area contributed by atoms with Crippen LogP contribution in [0.1, 0.15) is 11.1 Å². The van der Waals surface area contributed by atoms with Gasteiger partial charge in [-0.15, -0.1) is 0 Å². The zero-order chi connectivity index (χ0) is 11.4. The summed E-state index contributed by atoms with van der Waals surface area (Å²) in [6.07, 6.45) is 0. The average molecular weight is 208 g/mol. The van der Waals surface area contributed by atoms with Gasteiger partial charge < -0.3 is 0 Å². The molecule has 0 aliphatic heterocycles. The molecule has 0 aliphatic carbocycles. The van der Waals surface area contributed by atoms with Crippen LogP contribution in [0.2, 0.25) is 0 Å². The standard InChI is InChI=1S/C16H16/c1-13-7-5-11-15-9-3-4-10-16(15)12-6-8-14(13)2/h3-12H,1-2H3. The van der Waals surface area contributed by atoms with Crippen LogP contribution < -0.4 is 0 Å². The quantitative estimate of drug-likeness (QED) is 0.594. The summed E-state index contributed by atoms with van der Waals surface area (Å²) in [4.78, 5) is 0. The molecule has 0 nitrogen and oxygen atoms in total. The Labute approximate surface area is 96.9 Å². The first-order valence-corrected chi connectivity index (χ1v) is 5.57. The molecule has 0 aromatic heterocycles. The molecule has 0 fully saturated rings. The second-order valence-corrected chi connectivity index (χ2v) is 4.05. The zero-order valence-electron chi connectivity index (χ0n) is 9.77. The maximum absolute atomic E-state index is 2.15.